The molecule has 3 N–H and O–H groups in total. The Hall–Kier alpha value is -4.34. The summed E-state index contributed by atoms with van der Waals surface area (Å²) in [6, 6.07) is 24.3. The van der Waals surface area contributed by atoms with Crippen LogP contribution >= 0.6 is 23.4 Å². The van der Waals surface area contributed by atoms with E-state index in [1.165, 1.54) is 11.8 Å². The topological polar surface area (TPSA) is 113 Å². The number of thioether (sulfide) groups is 1. The van der Waals surface area contributed by atoms with Gasteiger partial charge in [0.1, 0.15) is 11.5 Å². The molecule has 1 unspecified atom stereocenters. The van der Waals surface area contributed by atoms with Crippen molar-refractivity contribution in [3.05, 3.63) is 113 Å². The normalized spacial score (nSPS) is 11.9. The third kappa shape index (κ3) is 8.07. The molecule has 0 aliphatic rings. The van der Waals surface area contributed by atoms with Crippen molar-refractivity contribution in [2.45, 2.75) is 24.0 Å². The molecule has 0 aliphatic carbocycles. The zero-order chi connectivity index (χ0) is 27.8. The highest BCUT2D eigenvalue weighted by molar-refractivity contribution is 8.00. The monoisotopic (exact) mass is 560 g/mol. The van der Waals surface area contributed by atoms with Crippen LogP contribution in [0.15, 0.2) is 100 Å². The zero-order valence-electron chi connectivity index (χ0n) is 21.1. The Bertz CT molecular complexity index is 1520. The SMILES string of the molecule is Cc1cc(NC(=O)C(C)Sc2cccc(NC(=O)/C(=C/c3cccc(Cl)c3)NC(=O)c3ccccc3)c2)no1. The van der Waals surface area contributed by atoms with Crippen molar-refractivity contribution in [2.75, 3.05) is 10.6 Å². The number of anilines is 2. The molecule has 0 spiro atoms. The lowest BCUT2D eigenvalue weighted by atomic mass is 10.1. The van der Waals surface area contributed by atoms with E-state index >= 15 is 0 Å². The number of amides is 3. The molecule has 0 aliphatic heterocycles. The van der Waals surface area contributed by atoms with E-state index in [0.29, 0.717) is 33.4 Å². The summed E-state index contributed by atoms with van der Waals surface area (Å²) in [5, 5.41) is 12.1. The summed E-state index contributed by atoms with van der Waals surface area (Å²) in [4.78, 5) is 39.5. The summed E-state index contributed by atoms with van der Waals surface area (Å²) in [7, 11) is 0. The van der Waals surface area contributed by atoms with Gasteiger partial charge in [-0.2, -0.15) is 0 Å². The number of rotatable bonds is 9. The molecule has 0 radical (unpaired) electrons. The second-order valence-corrected chi connectivity index (χ2v) is 10.3. The Morgan fingerprint density at radius 3 is 2.44 bits per heavy atom. The Kier molecular flexibility index (Phi) is 9.19. The van der Waals surface area contributed by atoms with Crippen LogP contribution in [0.1, 0.15) is 28.6 Å². The van der Waals surface area contributed by atoms with Crippen molar-refractivity contribution in [1.29, 1.82) is 0 Å². The van der Waals surface area contributed by atoms with E-state index in [0.717, 1.165) is 4.90 Å². The third-order valence-corrected chi connectivity index (χ3v) is 6.67. The molecule has 4 rings (SSSR count). The second kappa shape index (κ2) is 12.9. The molecule has 1 atom stereocenters. The van der Waals surface area contributed by atoms with E-state index in [2.05, 4.69) is 21.1 Å². The van der Waals surface area contributed by atoms with Gasteiger partial charge in [-0.1, -0.05) is 53.2 Å². The molecule has 3 amide bonds. The fourth-order valence-corrected chi connectivity index (χ4v) is 4.59. The molecule has 39 heavy (non-hydrogen) atoms. The summed E-state index contributed by atoms with van der Waals surface area (Å²) in [5.41, 5.74) is 1.59. The first-order valence-electron chi connectivity index (χ1n) is 11.9. The van der Waals surface area contributed by atoms with Crippen molar-refractivity contribution in [3.63, 3.8) is 0 Å². The molecule has 0 saturated heterocycles. The van der Waals surface area contributed by atoms with Gasteiger partial charge in [-0.15, -0.1) is 11.8 Å². The van der Waals surface area contributed by atoms with Gasteiger partial charge in [-0.05, 0) is 68.0 Å². The highest BCUT2D eigenvalue weighted by atomic mass is 35.5. The minimum atomic E-state index is -0.520. The van der Waals surface area contributed by atoms with Gasteiger partial charge < -0.3 is 20.5 Å². The molecule has 8 nitrogen and oxygen atoms in total. The fraction of sp³-hybridized carbons (Fsp3) is 0.103. The van der Waals surface area contributed by atoms with Crippen LogP contribution < -0.4 is 16.0 Å². The summed E-state index contributed by atoms with van der Waals surface area (Å²) < 4.78 is 4.98. The molecule has 10 heteroatoms. The van der Waals surface area contributed by atoms with Crippen molar-refractivity contribution < 1.29 is 18.9 Å². The van der Waals surface area contributed by atoms with Gasteiger partial charge in [0.2, 0.25) is 5.91 Å². The maximum atomic E-state index is 13.3. The molecule has 1 heterocycles. The molecule has 0 saturated carbocycles. The molecular formula is C29H25ClN4O4S. The van der Waals surface area contributed by atoms with Crippen molar-refractivity contribution in [3.8, 4) is 0 Å². The number of aryl methyl sites for hydroxylation is 1. The van der Waals surface area contributed by atoms with Crippen LogP contribution in [0.4, 0.5) is 11.5 Å². The third-order valence-electron chi connectivity index (χ3n) is 5.34. The molecule has 198 valence electrons. The predicted octanol–water partition coefficient (Wildman–Crippen LogP) is 6.17. The van der Waals surface area contributed by atoms with E-state index in [1.807, 2.05) is 6.07 Å². The number of hydrogen-bond donors (Lipinski definition) is 3. The van der Waals surface area contributed by atoms with Crippen LogP contribution in [0.25, 0.3) is 6.08 Å². The molecule has 3 aromatic carbocycles. The molecular weight excluding hydrogens is 536 g/mol. The van der Waals surface area contributed by atoms with Gasteiger partial charge in [0.25, 0.3) is 11.8 Å². The van der Waals surface area contributed by atoms with Gasteiger partial charge in [0.05, 0.1) is 5.25 Å². The average Bonchev–Trinajstić information content (AvgIpc) is 3.33. The number of aromatic nitrogens is 1. The number of nitrogens with zero attached hydrogens (tertiary/aromatic N) is 1. The lowest BCUT2D eigenvalue weighted by Gasteiger charge is -2.13. The smallest absolute Gasteiger partial charge is 0.272 e. The second-order valence-electron chi connectivity index (χ2n) is 8.49. The lowest BCUT2D eigenvalue weighted by molar-refractivity contribution is -0.115. The summed E-state index contributed by atoms with van der Waals surface area (Å²) in [5.74, 6) is -0.238. The molecule has 0 bridgehead atoms. The fourth-order valence-electron chi connectivity index (χ4n) is 3.46. The van der Waals surface area contributed by atoms with Gasteiger partial charge >= 0.3 is 0 Å². The first-order valence-corrected chi connectivity index (χ1v) is 13.2. The highest BCUT2D eigenvalue weighted by Crippen LogP contribution is 2.27. The average molecular weight is 561 g/mol. The van der Waals surface area contributed by atoms with Crippen LogP contribution in [0, 0.1) is 6.92 Å². The van der Waals surface area contributed by atoms with Gasteiger partial charge in [0.15, 0.2) is 5.82 Å². The number of halogens is 1. The Morgan fingerprint density at radius 2 is 1.72 bits per heavy atom. The van der Waals surface area contributed by atoms with E-state index in [-0.39, 0.29) is 11.6 Å². The quantitative estimate of drug-likeness (QED) is 0.167. The van der Waals surface area contributed by atoms with E-state index in [9.17, 15) is 14.4 Å². The lowest BCUT2D eigenvalue weighted by Crippen LogP contribution is -2.30. The van der Waals surface area contributed by atoms with E-state index in [1.54, 1.807) is 98.8 Å². The van der Waals surface area contributed by atoms with Crippen LogP contribution in [0.5, 0.6) is 0 Å². The van der Waals surface area contributed by atoms with Crippen LogP contribution in [-0.4, -0.2) is 28.1 Å². The Balaban J connectivity index is 1.48. The summed E-state index contributed by atoms with van der Waals surface area (Å²) in [6.45, 7) is 3.51. The number of hydrogen-bond acceptors (Lipinski definition) is 6. The molecule has 0 fully saturated rings. The van der Waals surface area contributed by atoms with E-state index < -0.39 is 17.1 Å². The summed E-state index contributed by atoms with van der Waals surface area (Å²) in [6.07, 6.45) is 1.55. The van der Waals surface area contributed by atoms with Gasteiger partial charge in [0, 0.05) is 27.2 Å². The van der Waals surface area contributed by atoms with Crippen molar-refractivity contribution in [1.82, 2.24) is 10.5 Å². The van der Waals surface area contributed by atoms with Crippen molar-refractivity contribution in [2.24, 2.45) is 0 Å². The largest absolute Gasteiger partial charge is 0.360 e. The maximum Gasteiger partial charge on any atom is 0.272 e. The van der Waals surface area contributed by atoms with E-state index in [4.69, 9.17) is 16.1 Å². The van der Waals surface area contributed by atoms with Crippen LogP contribution in [0.3, 0.4) is 0 Å². The highest BCUT2D eigenvalue weighted by Gasteiger charge is 2.18. The maximum absolute atomic E-state index is 13.3. The Morgan fingerprint density at radius 1 is 0.949 bits per heavy atom. The first kappa shape index (κ1) is 27.7. The van der Waals surface area contributed by atoms with Crippen LogP contribution in [0.2, 0.25) is 5.02 Å². The number of carbonyl (C=O) groups excluding carboxylic acids is 3. The Labute approximate surface area is 234 Å². The van der Waals surface area contributed by atoms with Crippen molar-refractivity contribution >= 4 is 58.7 Å². The van der Waals surface area contributed by atoms with Crippen LogP contribution in [-0.2, 0) is 9.59 Å². The standard InChI is InChI=1S/C29H25ClN4O4S/c1-18-14-26(34-38-18)33-27(35)19(2)39-24-13-7-12-23(17-24)31-29(37)25(16-20-8-6-11-22(30)15-20)32-28(36)21-9-4-3-5-10-21/h3-17,19H,1-2H3,(H,31,37)(H,32,36)(H,33,34,35)/b25-16-. The van der Waals surface area contributed by atoms with Gasteiger partial charge in [-0.3, -0.25) is 14.4 Å². The number of carbonyl (C=O) groups is 3. The minimum absolute atomic E-state index is 0.0415. The number of benzene rings is 3. The minimum Gasteiger partial charge on any atom is -0.360 e. The van der Waals surface area contributed by atoms with Gasteiger partial charge in [-0.25, -0.2) is 0 Å². The predicted molar refractivity (Wildman–Crippen MR) is 154 cm³/mol. The first-order chi connectivity index (χ1) is 18.8. The molecule has 4 aromatic rings. The summed E-state index contributed by atoms with van der Waals surface area (Å²) >= 11 is 7.43. The number of nitrogens with one attached hydrogen (secondary N) is 3. The zero-order valence-corrected chi connectivity index (χ0v) is 22.7. The molecule has 1 aromatic heterocycles.